The van der Waals surface area contributed by atoms with Crippen LogP contribution in [0.2, 0.25) is 0 Å². The topological polar surface area (TPSA) is 54.5 Å². The highest BCUT2D eigenvalue weighted by molar-refractivity contribution is 5.94. The molecule has 1 saturated heterocycles. The molecule has 5 nitrogen and oxygen atoms in total. The Bertz CT molecular complexity index is 652. The fourth-order valence-corrected chi connectivity index (χ4v) is 2.84. The third kappa shape index (κ3) is 3.92. The molecule has 1 aliphatic rings. The van der Waals surface area contributed by atoms with Crippen LogP contribution in [-0.4, -0.2) is 42.1 Å². The smallest absolute Gasteiger partial charge is 0.255 e. The molecule has 3 rings (SSSR count). The summed E-state index contributed by atoms with van der Waals surface area (Å²) in [6.45, 7) is 4.64. The quantitative estimate of drug-likeness (QED) is 0.918. The zero-order valence-corrected chi connectivity index (χ0v) is 13.9. The SMILES string of the molecule is CC[C@@H](Nc1ccc(C(=O)N2CCOCC2)cn1)c1ccccc1. The molecule has 24 heavy (non-hydrogen) atoms. The van der Waals surface area contributed by atoms with Gasteiger partial charge in [-0.25, -0.2) is 4.98 Å². The second kappa shape index (κ2) is 7.93. The number of morpholine rings is 1. The summed E-state index contributed by atoms with van der Waals surface area (Å²) in [6, 6.07) is 14.2. The summed E-state index contributed by atoms with van der Waals surface area (Å²) in [5, 5.41) is 3.43. The van der Waals surface area contributed by atoms with Crippen LogP contribution in [0.3, 0.4) is 0 Å². The number of aromatic nitrogens is 1. The molecule has 0 saturated carbocycles. The van der Waals surface area contributed by atoms with Crippen molar-refractivity contribution >= 4 is 11.7 Å². The molecule has 1 aromatic heterocycles. The first kappa shape index (κ1) is 16.5. The largest absolute Gasteiger partial charge is 0.378 e. The van der Waals surface area contributed by atoms with Crippen molar-refractivity contribution < 1.29 is 9.53 Å². The van der Waals surface area contributed by atoms with Crippen LogP contribution in [0.1, 0.15) is 35.3 Å². The number of ether oxygens (including phenoxy) is 1. The maximum absolute atomic E-state index is 12.4. The second-order valence-electron chi connectivity index (χ2n) is 5.85. The third-order valence-corrected chi connectivity index (χ3v) is 4.24. The molecule has 1 atom stereocenters. The first-order valence-corrected chi connectivity index (χ1v) is 8.42. The lowest BCUT2D eigenvalue weighted by Gasteiger charge is -2.26. The number of hydrogen-bond donors (Lipinski definition) is 1. The number of pyridine rings is 1. The van der Waals surface area contributed by atoms with Crippen LogP contribution in [-0.2, 0) is 4.74 Å². The van der Waals surface area contributed by atoms with Crippen molar-refractivity contribution in [3.8, 4) is 0 Å². The first-order valence-electron chi connectivity index (χ1n) is 8.42. The van der Waals surface area contributed by atoms with Gasteiger partial charge in [0.2, 0.25) is 0 Å². The molecule has 2 heterocycles. The van der Waals surface area contributed by atoms with E-state index in [1.165, 1.54) is 5.56 Å². The van der Waals surface area contributed by atoms with Crippen LogP contribution in [0.4, 0.5) is 5.82 Å². The van der Waals surface area contributed by atoms with E-state index in [-0.39, 0.29) is 11.9 Å². The number of carbonyl (C=O) groups is 1. The van der Waals surface area contributed by atoms with Crippen molar-refractivity contribution in [1.29, 1.82) is 0 Å². The fourth-order valence-electron chi connectivity index (χ4n) is 2.84. The van der Waals surface area contributed by atoms with E-state index in [1.54, 1.807) is 6.20 Å². The molecule has 0 spiro atoms. The lowest BCUT2D eigenvalue weighted by atomic mass is 10.0. The Labute approximate surface area is 142 Å². The molecule has 1 N–H and O–H groups in total. The van der Waals surface area contributed by atoms with Gasteiger partial charge in [0.05, 0.1) is 24.8 Å². The molecule has 0 unspecified atom stereocenters. The summed E-state index contributed by atoms with van der Waals surface area (Å²) in [5.74, 6) is 0.802. The normalized spacial score (nSPS) is 15.8. The molecule has 0 aliphatic carbocycles. The monoisotopic (exact) mass is 325 g/mol. The summed E-state index contributed by atoms with van der Waals surface area (Å²) >= 11 is 0. The molecule has 2 aromatic rings. The van der Waals surface area contributed by atoms with E-state index in [1.807, 2.05) is 35.2 Å². The van der Waals surface area contributed by atoms with Gasteiger partial charge in [-0.2, -0.15) is 0 Å². The average molecular weight is 325 g/mol. The van der Waals surface area contributed by atoms with Crippen molar-refractivity contribution in [2.45, 2.75) is 19.4 Å². The highest BCUT2D eigenvalue weighted by atomic mass is 16.5. The second-order valence-corrected chi connectivity index (χ2v) is 5.85. The number of nitrogens with zero attached hydrogens (tertiary/aromatic N) is 2. The first-order chi connectivity index (χ1) is 11.8. The summed E-state index contributed by atoms with van der Waals surface area (Å²) in [5.41, 5.74) is 1.85. The molecule has 0 bridgehead atoms. The van der Waals surface area contributed by atoms with E-state index in [0.717, 1.165) is 12.2 Å². The summed E-state index contributed by atoms with van der Waals surface area (Å²) < 4.78 is 5.28. The zero-order valence-electron chi connectivity index (χ0n) is 13.9. The van der Waals surface area contributed by atoms with Gasteiger partial charge in [-0.05, 0) is 24.1 Å². The van der Waals surface area contributed by atoms with E-state index in [9.17, 15) is 4.79 Å². The van der Waals surface area contributed by atoms with Gasteiger partial charge in [0.15, 0.2) is 0 Å². The van der Waals surface area contributed by atoms with E-state index in [0.29, 0.717) is 31.9 Å². The minimum atomic E-state index is 0.0208. The Morgan fingerprint density at radius 1 is 1.21 bits per heavy atom. The predicted octanol–water partition coefficient (Wildman–Crippen LogP) is 3.12. The third-order valence-electron chi connectivity index (χ3n) is 4.24. The number of anilines is 1. The summed E-state index contributed by atoms with van der Waals surface area (Å²) in [7, 11) is 0. The molecule has 1 amide bonds. The van der Waals surface area contributed by atoms with Crippen LogP contribution in [0.25, 0.3) is 0 Å². The highest BCUT2D eigenvalue weighted by Gasteiger charge is 2.19. The van der Waals surface area contributed by atoms with Crippen molar-refractivity contribution in [3.05, 3.63) is 59.8 Å². The van der Waals surface area contributed by atoms with Gasteiger partial charge in [-0.15, -0.1) is 0 Å². The minimum Gasteiger partial charge on any atom is -0.378 e. The molecule has 1 aromatic carbocycles. The lowest BCUT2D eigenvalue weighted by molar-refractivity contribution is 0.0302. The predicted molar refractivity (Wildman–Crippen MR) is 94.1 cm³/mol. The van der Waals surface area contributed by atoms with E-state index >= 15 is 0 Å². The Morgan fingerprint density at radius 3 is 2.58 bits per heavy atom. The highest BCUT2D eigenvalue weighted by Crippen LogP contribution is 2.21. The number of amides is 1. The Morgan fingerprint density at radius 2 is 1.96 bits per heavy atom. The lowest BCUT2D eigenvalue weighted by Crippen LogP contribution is -2.40. The molecule has 1 aliphatic heterocycles. The zero-order chi connectivity index (χ0) is 16.8. The molecule has 0 radical (unpaired) electrons. The number of benzene rings is 1. The van der Waals surface area contributed by atoms with Crippen LogP contribution in [0.15, 0.2) is 48.7 Å². The van der Waals surface area contributed by atoms with E-state index < -0.39 is 0 Å². The van der Waals surface area contributed by atoms with Gasteiger partial charge in [-0.1, -0.05) is 37.3 Å². The van der Waals surface area contributed by atoms with Crippen LogP contribution in [0, 0.1) is 0 Å². The molecular weight excluding hydrogens is 302 g/mol. The van der Waals surface area contributed by atoms with Gasteiger partial charge < -0.3 is 15.0 Å². The van der Waals surface area contributed by atoms with Crippen LogP contribution in [0.5, 0.6) is 0 Å². The van der Waals surface area contributed by atoms with Crippen LogP contribution < -0.4 is 5.32 Å². The van der Waals surface area contributed by atoms with E-state index in [4.69, 9.17) is 4.74 Å². The summed E-state index contributed by atoms with van der Waals surface area (Å²) in [6.07, 6.45) is 2.61. The van der Waals surface area contributed by atoms with Gasteiger partial charge in [-0.3, -0.25) is 4.79 Å². The van der Waals surface area contributed by atoms with Crippen molar-refractivity contribution in [2.24, 2.45) is 0 Å². The van der Waals surface area contributed by atoms with Crippen molar-refractivity contribution in [2.75, 3.05) is 31.6 Å². The Kier molecular flexibility index (Phi) is 5.43. The number of carbonyl (C=O) groups excluding carboxylic acids is 1. The van der Waals surface area contributed by atoms with Crippen molar-refractivity contribution in [1.82, 2.24) is 9.88 Å². The molecule has 126 valence electrons. The molecular formula is C19H23N3O2. The average Bonchev–Trinajstić information content (AvgIpc) is 2.67. The molecule has 1 fully saturated rings. The van der Waals surface area contributed by atoms with Gasteiger partial charge in [0.1, 0.15) is 5.82 Å². The fraction of sp³-hybridized carbons (Fsp3) is 0.368. The number of nitrogens with one attached hydrogen (secondary N) is 1. The molecule has 5 heteroatoms. The summed E-state index contributed by atoms with van der Waals surface area (Å²) in [4.78, 5) is 18.7. The van der Waals surface area contributed by atoms with E-state index in [2.05, 4.69) is 29.4 Å². The Hall–Kier alpha value is -2.40. The van der Waals surface area contributed by atoms with Gasteiger partial charge in [0, 0.05) is 19.3 Å². The standard InChI is InChI=1S/C19H23N3O2/c1-2-17(15-6-4-3-5-7-15)21-18-9-8-16(14-20-18)19(23)22-10-12-24-13-11-22/h3-9,14,17H,2,10-13H2,1H3,(H,20,21)/t17-/m1/s1. The number of hydrogen-bond acceptors (Lipinski definition) is 4. The minimum absolute atomic E-state index is 0.0208. The van der Waals surface area contributed by atoms with Gasteiger partial charge >= 0.3 is 0 Å². The Balaban J connectivity index is 1.66. The van der Waals surface area contributed by atoms with Crippen LogP contribution >= 0.6 is 0 Å². The van der Waals surface area contributed by atoms with Crippen molar-refractivity contribution in [3.63, 3.8) is 0 Å². The maximum Gasteiger partial charge on any atom is 0.255 e. The number of rotatable bonds is 5. The maximum atomic E-state index is 12.4. The van der Waals surface area contributed by atoms with Gasteiger partial charge in [0.25, 0.3) is 5.91 Å².